The number of aliphatic hydroxyl groups excluding tert-OH is 1. The number of aliphatic hydroxyl groups is 1. The Kier molecular flexibility index (Phi) is 6.81. The molecule has 1 N–H and O–H groups in total. The zero-order chi connectivity index (χ0) is 23.1. The second-order valence-electron chi connectivity index (χ2n) is 11.8. The number of benzene rings is 1. The lowest BCUT2D eigenvalue weighted by Gasteiger charge is -2.63. The molecule has 0 spiro atoms. The largest absolute Gasteiger partial charge is 0.495 e. The van der Waals surface area contributed by atoms with E-state index in [1.54, 1.807) is 0 Å². The maximum Gasteiger partial charge on any atom is 0.102 e. The van der Waals surface area contributed by atoms with E-state index in [0.717, 1.165) is 12.2 Å². The lowest BCUT2D eigenvalue weighted by atomic mass is 9.44. The van der Waals surface area contributed by atoms with Crippen LogP contribution in [0.2, 0.25) is 0 Å². The van der Waals surface area contributed by atoms with Crippen LogP contribution in [0.15, 0.2) is 42.2 Å². The Hall–Kier alpha value is -1.32. The van der Waals surface area contributed by atoms with Gasteiger partial charge in [0.15, 0.2) is 0 Å². The zero-order valence-electron chi connectivity index (χ0n) is 21.0. The van der Waals surface area contributed by atoms with Gasteiger partial charge in [0.2, 0.25) is 0 Å². The Bertz CT molecular complexity index is 798. The van der Waals surface area contributed by atoms with Gasteiger partial charge >= 0.3 is 0 Å². The summed E-state index contributed by atoms with van der Waals surface area (Å²) in [5, 5.41) is 9.94. The highest BCUT2D eigenvalue weighted by Gasteiger charge is 2.59. The van der Waals surface area contributed by atoms with Crippen LogP contribution < -0.4 is 0 Å². The van der Waals surface area contributed by atoms with E-state index in [9.17, 15) is 5.11 Å². The lowest BCUT2D eigenvalue weighted by Crippen LogP contribution is -2.57. The molecule has 4 rings (SSSR count). The molecular weight excluding hydrogens is 396 g/mol. The van der Waals surface area contributed by atoms with Crippen LogP contribution in [0.25, 0.3) is 0 Å². The summed E-state index contributed by atoms with van der Waals surface area (Å²) in [7, 11) is 0. The average molecular weight is 441 g/mol. The van der Waals surface area contributed by atoms with Crippen molar-refractivity contribution in [1.29, 1.82) is 0 Å². The van der Waals surface area contributed by atoms with Crippen LogP contribution in [0.3, 0.4) is 0 Å². The van der Waals surface area contributed by atoms with Gasteiger partial charge in [-0.2, -0.15) is 0 Å². The lowest BCUT2D eigenvalue weighted by molar-refractivity contribution is -0.183. The van der Waals surface area contributed by atoms with Gasteiger partial charge in [-0.3, -0.25) is 0 Å². The van der Waals surface area contributed by atoms with Crippen molar-refractivity contribution in [3.8, 4) is 0 Å². The third-order valence-electron chi connectivity index (χ3n) is 9.22. The van der Waals surface area contributed by atoms with Gasteiger partial charge in [-0.05, 0) is 93.6 Å². The summed E-state index contributed by atoms with van der Waals surface area (Å²) in [6.45, 7) is 13.6. The summed E-state index contributed by atoms with van der Waals surface area (Å²) in [5.41, 5.74) is 1.76. The maximum absolute atomic E-state index is 9.94. The quantitative estimate of drug-likeness (QED) is 0.514. The van der Waals surface area contributed by atoms with Crippen molar-refractivity contribution in [2.75, 3.05) is 0 Å². The third-order valence-corrected chi connectivity index (χ3v) is 9.22. The third kappa shape index (κ3) is 4.40. The topological polar surface area (TPSA) is 38.7 Å². The van der Waals surface area contributed by atoms with Gasteiger partial charge in [0, 0.05) is 5.92 Å². The average Bonchev–Trinajstić information content (AvgIpc) is 2.72. The molecule has 1 aliphatic heterocycles. The van der Waals surface area contributed by atoms with Gasteiger partial charge in [-0.1, -0.05) is 51.1 Å². The Morgan fingerprint density at radius 1 is 1.09 bits per heavy atom. The standard InChI is InChI=1S/C29H44O3/c1-19(30)18-21(3)32-27(22-10-8-7-9-11-22)24-16-17-29(6)23-13-12-20(2)31-25(23)14-15-26(29)28(24,4)5/h7-12,19,21,23-27,30H,13-18H2,1-6H3/t19-,21-,23?,24?,25?,26?,27?,29?/m0/s1. The molecule has 8 atom stereocenters. The molecule has 0 bridgehead atoms. The predicted octanol–water partition coefficient (Wildman–Crippen LogP) is 7.07. The van der Waals surface area contributed by atoms with E-state index in [1.165, 1.54) is 31.2 Å². The van der Waals surface area contributed by atoms with E-state index in [1.807, 2.05) is 6.92 Å². The summed E-state index contributed by atoms with van der Waals surface area (Å²) in [4.78, 5) is 0. The van der Waals surface area contributed by atoms with E-state index in [2.05, 4.69) is 71.0 Å². The van der Waals surface area contributed by atoms with Crippen LogP contribution in [0.1, 0.15) is 91.7 Å². The molecule has 3 nitrogen and oxygen atoms in total. The Balaban J connectivity index is 1.63. The fraction of sp³-hybridized carbons (Fsp3) is 0.724. The van der Waals surface area contributed by atoms with Crippen LogP contribution >= 0.6 is 0 Å². The first-order valence-corrected chi connectivity index (χ1v) is 12.8. The molecule has 1 aromatic carbocycles. The number of allylic oxidation sites excluding steroid dienone is 2. The van der Waals surface area contributed by atoms with Crippen molar-refractivity contribution in [2.45, 2.75) is 104 Å². The molecule has 2 aliphatic carbocycles. The Morgan fingerprint density at radius 3 is 2.50 bits per heavy atom. The number of hydrogen-bond donors (Lipinski definition) is 1. The highest BCUT2D eigenvalue weighted by molar-refractivity contribution is 5.21. The van der Waals surface area contributed by atoms with E-state index in [4.69, 9.17) is 9.47 Å². The van der Waals surface area contributed by atoms with E-state index < -0.39 is 0 Å². The predicted molar refractivity (Wildman–Crippen MR) is 130 cm³/mol. The van der Waals surface area contributed by atoms with Crippen molar-refractivity contribution in [2.24, 2.45) is 28.6 Å². The van der Waals surface area contributed by atoms with E-state index in [0.29, 0.717) is 35.7 Å². The minimum Gasteiger partial charge on any atom is -0.495 e. The molecule has 3 aliphatic rings. The minimum atomic E-state index is -0.345. The molecule has 6 unspecified atom stereocenters. The first kappa shape index (κ1) is 23.8. The van der Waals surface area contributed by atoms with E-state index >= 15 is 0 Å². The number of ether oxygens (including phenoxy) is 2. The first-order valence-electron chi connectivity index (χ1n) is 12.8. The molecule has 2 saturated carbocycles. The maximum atomic E-state index is 9.94. The van der Waals surface area contributed by atoms with Crippen molar-refractivity contribution in [3.63, 3.8) is 0 Å². The van der Waals surface area contributed by atoms with Crippen molar-refractivity contribution < 1.29 is 14.6 Å². The van der Waals surface area contributed by atoms with Gasteiger partial charge in [-0.25, -0.2) is 0 Å². The molecule has 0 radical (unpaired) electrons. The van der Waals surface area contributed by atoms with Crippen molar-refractivity contribution in [1.82, 2.24) is 0 Å². The van der Waals surface area contributed by atoms with Gasteiger partial charge in [0.1, 0.15) is 6.10 Å². The molecule has 178 valence electrons. The van der Waals surface area contributed by atoms with Gasteiger partial charge < -0.3 is 14.6 Å². The van der Waals surface area contributed by atoms with Crippen LogP contribution in [-0.2, 0) is 9.47 Å². The molecule has 0 aromatic heterocycles. The van der Waals surface area contributed by atoms with Gasteiger partial charge in [0.05, 0.1) is 24.1 Å². The summed E-state index contributed by atoms with van der Waals surface area (Å²) in [6, 6.07) is 10.8. The van der Waals surface area contributed by atoms with Crippen LogP contribution in [0.4, 0.5) is 0 Å². The fourth-order valence-electron chi connectivity index (χ4n) is 7.74. The normalized spacial score (nSPS) is 36.7. The molecule has 1 aromatic rings. The molecule has 0 amide bonds. The van der Waals surface area contributed by atoms with Crippen LogP contribution in [-0.4, -0.2) is 23.4 Å². The minimum absolute atomic E-state index is 0.0277. The molecule has 0 saturated heterocycles. The Labute approximate surface area is 195 Å². The first-order chi connectivity index (χ1) is 15.1. The zero-order valence-corrected chi connectivity index (χ0v) is 21.0. The number of fused-ring (bicyclic) bond motifs is 3. The van der Waals surface area contributed by atoms with Crippen LogP contribution in [0.5, 0.6) is 0 Å². The smallest absolute Gasteiger partial charge is 0.102 e. The summed E-state index contributed by atoms with van der Waals surface area (Å²) in [6.07, 6.45) is 9.10. The second kappa shape index (κ2) is 9.14. The summed E-state index contributed by atoms with van der Waals surface area (Å²) in [5.74, 6) is 2.85. The second-order valence-corrected chi connectivity index (χ2v) is 11.8. The number of rotatable bonds is 6. The van der Waals surface area contributed by atoms with Crippen LogP contribution in [0, 0.1) is 28.6 Å². The molecule has 1 heterocycles. The fourth-order valence-corrected chi connectivity index (χ4v) is 7.74. The van der Waals surface area contributed by atoms with Crippen molar-refractivity contribution >= 4 is 0 Å². The van der Waals surface area contributed by atoms with Crippen molar-refractivity contribution in [3.05, 3.63) is 47.7 Å². The SMILES string of the molecule is CC1=CCC2C(CCC3C(C)(C)C(C(O[C@@H](C)C[C@H](C)O)c4ccccc4)CCC23C)O1. The highest BCUT2D eigenvalue weighted by Crippen LogP contribution is 2.65. The molecule has 2 fully saturated rings. The Morgan fingerprint density at radius 2 is 1.81 bits per heavy atom. The molecule has 3 heteroatoms. The van der Waals surface area contributed by atoms with Gasteiger partial charge in [0.25, 0.3) is 0 Å². The monoisotopic (exact) mass is 440 g/mol. The van der Waals surface area contributed by atoms with Gasteiger partial charge in [-0.15, -0.1) is 0 Å². The summed E-state index contributed by atoms with van der Waals surface area (Å²) < 4.78 is 13.1. The highest BCUT2D eigenvalue weighted by atomic mass is 16.5. The molecular formula is C29H44O3. The molecule has 32 heavy (non-hydrogen) atoms. The van der Waals surface area contributed by atoms with E-state index in [-0.39, 0.29) is 23.7 Å². The number of hydrogen-bond acceptors (Lipinski definition) is 3. The summed E-state index contributed by atoms with van der Waals surface area (Å²) >= 11 is 0.